The topological polar surface area (TPSA) is 167 Å². The molecule has 0 spiro atoms. The van der Waals surface area contributed by atoms with Crippen LogP contribution in [-0.4, -0.2) is 87.7 Å². The lowest BCUT2D eigenvalue weighted by Gasteiger charge is -2.33. The fraction of sp³-hybridized carbons (Fsp3) is 0.561. The number of hydrogen-bond acceptors (Lipinski definition) is 13. The molecule has 0 heterocycles. The molecule has 8 unspecified atom stereocenters. The van der Waals surface area contributed by atoms with Gasteiger partial charge in [0.1, 0.15) is 12.7 Å². The number of hydrogen-bond donors (Lipinski definition) is 0. The molecule has 2 bridgehead atoms. The van der Waals surface area contributed by atoms with Crippen molar-refractivity contribution in [3.05, 3.63) is 75.9 Å². The van der Waals surface area contributed by atoms with Crippen LogP contribution in [0, 0.1) is 40.9 Å². The summed E-state index contributed by atoms with van der Waals surface area (Å²) in [7, 11) is 0. The van der Waals surface area contributed by atoms with Gasteiger partial charge in [0.05, 0.1) is 39.1 Å². The Kier molecular flexibility index (Phi) is 21.4. The zero-order valence-corrected chi connectivity index (χ0v) is 32.2. The van der Waals surface area contributed by atoms with Crippen molar-refractivity contribution in [2.45, 2.75) is 65.6 Å². The van der Waals surface area contributed by atoms with E-state index in [2.05, 4.69) is 39.5 Å². The number of rotatable bonds is 20. The van der Waals surface area contributed by atoms with Gasteiger partial charge in [0.2, 0.25) is 0 Å². The van der Waals surface area contributed by atoms with Crippen LogP contribution < -0.4 is 0 Å². The molecule has 0 aromatic carbocycles. The molecular formula is C41H58O13. The summed E-state index contributed by atoms with van der Waals surface area (Å²) in [6, 6.07) is 0. The van der Waals surface area contributed by atoms with Crippen LogP contribution in [0.4, 0.5) is 0 Å². The van der Waals surface area contributed by atoms with Crippen LogP contribution in [0.3, 0.4) is 0 Å². The van der Waals surface area contributed by atoms with Crippen LogP contribution in [0.15, 0.2) is 75.9 Å². The first-order chi connectivity index (χ1) is 25.5. The number of carbonyl (C=O) groups is 6. The molecule has 300 valence electrons. The highest BCUT2D eigenvalue weighted by Gasteiger charge is 2.57. The lowest BCUT2D eigenvalue weighted by molar-refractivity contribution is -0.149. The second kappa shape index (κ2) is 24.5. The van der Waals surface area contributed by atoms with Crippen LogP contribution >= 0.6 is 0 Å². The van der Waals surface area contributed by atoms with Crippen molar-refractivity contribution in [3.8, 4) is 0 Å². The molecule has 3 aliphatic carbocycles. The minimum Gasteiger partial charge on any atom is -0.462 e. The van der Waals surface area contributed by atoms with E-state index in [4.69, 9.17) is 33.2 Å². The molecule has 0 amide bonds. The molecule has 13 heteroatoms. The number of esters is 6. The summed E-state index contributed by atoms with van der Waals surface area (Å²) in [6.07, 6.45) is 10.9. The second-order valence-electron chi connectivity index (χ2n) is 14.1. The summed E-state index contributed by atoms with van der Waals surface area (Å²) < 4.78 is 35.2. The lowest BCUT2D eigenvalue weighted by atomic mass is 9.73. The van der Waals surface area contributed by atoms with Crippen LogP contribution in [0.1, 0.15) is 53.4 Å². The van der Waals surface area contributed by atoms with Crippen LogP contribution in [0.2, 0.25) is 0 Å². The van der Waals surface area contributed by atoms with Crippen LogP contribution in [0.25, 0.3) is 0 Å². The Labute approximate surface area is 319 Å². The average Bonchev–Trinajstić information content (AvgIpc) is 3.89. The molecule has 3 saturated carbocycles. The molecule has 0 aromatic heterocycles. The van der Waals surface area contributed by atoms with Gasteiger partial charge in [-0.3, -0.25) is 0 Å². The highest BCUT2D eigenvalue weighted by Crippen LogP contribution is 2.62. The summed E-state index contributed by atoms with van der Waals surface area (Å²) in [5, 5.41) is 0. The molecule has 3 fully saturated rings. The molecule has 8 atom stereocenters. The van der Waals surface area contributed by atoms with Gasteiger partial charge in [-0.1, -0.05) is 53.3 Å². The summed E-state index contributed by atoms with van der Waals surface area (Å²) in [4.78, 5) is 65.7. The van der Waals surface area contributed by atoms with Crippen molar-refractivity contribution in [2.75, 3.05) is 39.6 Å². The Morgan fingerprint density at radius 3 is 1.54 bits per heavy atom. The fourth-order valence-corrected chi connectivity index (χ4v) is 6.88. The third-order valence-corrected chi connectivity index (χ3v) is 9.27. The quantitative estimate of drug-likeness (QED) is 0.0874. The molecule has 0 aliphatic heterocycles. The minimum atomic E-state index is -0.494. The SMILES string of the molecule is C=CC(=O)OCC(C)(C)COC(=O)C=C.C=CC(=O)OCC(C)OCC(C)OC(=O)C=C.C=CC(=O)OCC1CC2CC1C1CCC(COC(=O)C=C)C21. The Morgan fingerprint density at radius 2 is 1.04 bits per heavy atom. The molecule has 13 nitrogen and oxygen atoms in total. The minimum absolute atomic E-state index is 0.132. The Bertz CT molecular complexity index is 1320. The van der Waals surface area contributed by atoms with Crippen molar-refractivity contribution in [1.29, 1.82) is 0 Å². The van der Waals surface area contributed by atoms with Gasteiger partial charge in [0.25, 0.3) is 0 Å². The Morgan fingerprint density at radius 1 is 0.574 bits per heavy atom. The highest BCUT2D eigenvalue weighted by molar-refractivity contribution is 5.83. The molecule has 0 N–H and O–H groups in total. The third-order valence-electron chi connectivity index (χ3n) is 9.27. The molecule has 0 aromatic rings. The van der Waals surface area contributed by atoms with E-state index in [1.807, 2.05) is 13.8 Å². The summed E-state index contributed by atoms with van der Waals surface area (Å²) in [5.74, 6) is 1.19. The van der Waals surface area contributed by atoms with E-state index in [1.165, 1.54) is 25.0 Å². The van der Waals surface area contributed by atoms with E-state index in [-0.39, 0.29) is 50.6 Å². The van der Waals surface area contributed by atoms with Gasteiger partial charge in [0, 0.05) is 41.9 Å². The Hall–Kier alpha value is -4.78. The van der Waals surface area contributed by atoms with E-state index in [0.29, 0.717) is 42.8 Å². The zero-order valence-electron chi connectivity index (χ0n) is 32.2. The van der Waals surface area contributed by atoms with Crippen molar-refractivity contribution in [1.82, 2.24) is 0 Å². The summed E-state index contributed by atoms with van der Waals surface area (Å²) in [5.41, 5.74) is -0.419. The predicted octanol–water partition coefficient (Wildman–Crippen LogP) is 5.45. The standard InChI is InChI=1S/C18H24O4.C12H18O5.C11H16O4/c1-3-16(19)21-9-11-5-6-14-15-8-12(18(11)14)7-13(15)10-22-17(20)4-2;1-5-11(13)16-7-9(3)15-8-10(4)17-12(14)6-2;1-5-9(12)14-7-11(3,4)8-15-10(13)6-2/h3-4,11-15,18H,1-2,5-10H2;5-6,9-10H,1-2,7-8H2,3-4H3;5-6H,1-2,7-8H2,3-4H3. The molecular weight excluding hydrogens is 700 g/mol. The second-order valence-corrected chi connectivity index (χ2v) is 14.1. The lowest BCUT2D eigenvalue weighted by Crippen LogP contribution is -2.31. The van der Waals surface area contributed by atoms with Crippen molar-refractivity contribution in [3.63, 3.8) is 0 Å². The van der Waals surface area contributed by atoms with Crippen molar-refractivity contribution >= 4 is 35.8 Å². The van der Waals surface area contributed by atoms with Crippen molar-refractivity contribution < 1.29 is 61.9 Å². The maximum atomic E-state index is 11.3. The van der Waals surface area contributed by atoms with Gasteiger partial charge < -0.3 is 33.2 Å². The van der Waals surface area contributed by atoms with Crippen molar-refractivity contribution in [2.24, 2.45) is 40.9 Å². The number of carbonyl (C=O) groups excluding carboxylic acids is 6. The highest BCUT2D eigenvalue weighted by atomic mass is 16.6. The molecule has 3 rings (SSSR count). The smallest absolute Gasteiger partial charge is 0.330 e. The zero-order chi connectivity index (χ0) is 40.8. The van der Waals surface area contributed by atoms with E-state index in [0.717, 1.165) is 43.1 Å². The first kappa shape index (κ1) is 47.2. The summed E-state index contributed by atoms with van der Waals surface area (Å²) >= 11 is 0. The predicted molar refractivity (Wildman–Crippen MR) is 200 cm³/mol. The van der Waals surface area contributed by atoms with E-state index in [9.17, 15) is 28.8 Å². The van der Waals surface area contributed by atoms with Gasteiger partial charge in [-0.25, -0.2) is 28.8 Å². The van der Waals surface area contributed by atoms with E-state index >= 15 is 0 Å². The first-order valence-corrected chi connectivity index (χ1v) is 17.9. The normalized spacial score (nSPS) is 22.7. The maximum Gasteiger partial charge on any atom is 0.330 e. The number of ether oxygens (including phenoxy) is 7. The fourth-order valence-electron chi connectivity index (χ4n) is 6.88. The third kappa shape index (κ3) is 17.4. The van der Waals surface area contributed by atoms with Gasteiger partial charge >= 0.3 is 35.8 Å². The first-order valence-electron chi connectivity index (χ1n) is 17.9. The monoisotopic (exact) mass is 758 g/mol. The van der Waals surface area contributed by atoms with Crippen LogP contribution in [-0.2, 0) is 61.9 Å². The molecule has 0 saturated heterocycles. The number of fused-ring (bicyclic) bond motifs is 5. The average molecular weight is 759 g/mol. The van der Waals surface area contributed by atoms with Gasteiger partial charge in [-0.2, -0.15) is 0 Å². The van der Waals surface area contributed by atoms with Crippen LogP contribution in [0.5, 0.6) is 0 Å². The van der Waals surface area contributed by atoms with E-state index in [1.54, 1.807) is 13.8 Å². The maximum absolute atomic E-state index is 11.3. The molecule has 3 aliphatic rings. The largest absolute Gasteiger partial charge is 0.462 e. The van der Waals surface area contributed by atoms with Gasteiger partial charge in [0.15, 0.2) is 0 Å². The molecule has 54 heavy (non-hydrogen) atoms. The van der Waals surface area contributed by atoms with Gasteiger partial charge in [-0.05, 0) is 75.0 Å². The molecule has 0 radical (unpaired) electrons. The Balaban J connectivity index is 0.000000416. The van der Waals surface area contributed by atoms with Gasteiger partial charge in [-0.15, -0.1) is 0 Å². The summed E-state index contributed by atoms with van der Waals surface area (Å²) in [6.45, 7) is 28.8. The van der Waals surface area contributed by atoms with E-state index < -0.39 is 29.3 Å².